The van der Waals surface area contributed by atoms with Crippen molar-refractivity contribution in [2.75, 3.05) is 13.1 Å². The molecule has 1 heterocycles. The lowest BCUT2D eigenvalue weighted by atomic mass is 9.90. The third kappa shape index (κ3) is 2.25. The summed E-state index contributed by atoms with van der Waals surface area (Å²) >= 11 is 0. The van der Waals surface area contributed by atoms with Crippen molar-refractivity contribution in [2.24, 2.45) is 5.92 Å². The molecule has 0 radical (unpaired) electrons. The van der Waals surface area contributed by atoms with Crippen LogP contribution in [-0.4, -0.2) is 13.1 Å². The summed E-state index contributed by atoms with van der Waals surface area (Å²) in [5.74, 6) is 0.125. The average molecular weight is 243 g/mol. The Morgan fingerprint density at radius 3 is 2.72 bits per heavy atom. The van der Waals surface area contributed by atoms with Gasteiger partial charge in [0.05, 0.1) is 0 Å². The van der Waals surface area contributed by atoms with E-state index >= 15 is 0 Å². The highest BCUT2D eigenvalue weighted by Gasteiger charge is 2.24. The summed E-state index contributed by atoms with van der Waals surface area (Å²) in [4.78, 5) is 0. The lowest BCUT2D eigenvalue weighted by molar-refractivity contribution is 0.195. The van der Waals surface area contributed by atoms with Gasteiger partial charge in [0, 0.05) is 12.5 Å². The summed E-state index contributed by atoms with van der Waals surface area (Å²) in [5.41, 5.74) is 0.822. The molecule has 2 atom stereocenters. The van der Waals surface area contributed by atoms with Crippen LogP contribution in [0, 0.1) is 5.92 Å². The van der Waals surface area contributed by atoms with Crippen LogP contribution in [0.4, 0.5) is 4.39 Å². The number of rotatable bonds is 2. The van der Waals surface area contributed by atoms with E-state index in [1.807, 2.05) is 36.4 Å². The van der Waals surface area contributed by atoms with E-state index in [4.69, 9.17) is 0 Å². The molecule has 2 aromatic carbocycles. The molecule has 1 N–H and O–H groups in total. The first kappa shape index (κ1) is 11.7. The minimum Gasteiger partial charge on any atom is -0.316 e. The standard InChI is InChI=1S/C16H18FN/c17-16(15-6-3-9-18-11-15)14-8-7-12-4-1-2-5-13(12)10-14/h1-2,4-5,7-8,10,15-16,18H,3,6,9,11H2. The van der Waals surface area contributed by atoms with Crippen LogP contribution in [0.1, 0.15) is 24.6 Å². The van der Waals surface area contributed by atoms with Crippen molar-refractivity contribution in [3.05, 3.63) is 48.0 Å². The summed E-state index contributed by atoms with van der Waals surface area (Å²) in [6.45, 7) is 1.83. The van der Waals surface area contributed by atoms with E-state index in [9.17, 15) is 4.39 Å². The lowest BCUT2D eigenvalue weighted by Gasteiger charge is -2.26. The predicted molar refractivity (Wildman–Crippen MR) is 73.4 cm³/mol. The van der Waals surface area contributed by atoms with Gasteiger partial charge in [0.15, 0.2) is 0 Å². The molecule has 0 aromatic heterocycles. The van der Waals surface area contributed by atoms with Crippen molar-refractivity contribution < 1.29 is 4.39 Å². The second-order valence-electron chi connectivity index (χ2n) is 5.11. The molecule has 94 valence electrons. The van der Waals surface area contributed by atoms with Crippen LogP contribution >= 0.6 is 0 Å². The third-order valence-electron chi connectivity index (χ3n) is 3.84. The molecule has 1 aliphatic rings. The molecule has 1 fully saturated rings. The van der Waals surface area contributed by atoms with Crippen LogP contribution < -0.4 is 5.32 Å². The summed E-state index contributed by atoms with van der Waals surface area (Å²) < 4.78 is 14.5. The maximum Gasteiger partial charge on any atom is 0.129 e. The van der Waals surface area contributed by atoms with Gasteiger partial charge in [-0.1, -0.05) is 36.4 Å². The van der Waals surface area contributed by atoms with Gasteiger partial charge in [-0.05, 0) is 41.8 Å². The van der Waals surface area contributed by atoms with E-state index in [-0.39, 0.29) is 5.92 Å². The molecule has 0 amide bonds. The quantitative estimate of drug-likeness (QED) is 0.844. The zero-order valence-electron chi connectivity index (χ0n) is 10.4. The molecule has 0 aliphatic carbocycles. The first-order chi connectivity index (χ1) is 8.84. The fraction of sp³-hybridized carbons (Fsp3) is 0.375. The van der Waals surface area contributed by atoms with Gasteiger partial charge in [0.2, 0.25) is 0 Å². The number of benzene rings is 2. The van der Waals surface area contributed by atoms with Gasteiger partial charge in [-0.2, -0.15) is 0 Å². The van der Waals surface area contributed by atoms with Crippen molar-refractivity contribution in [1.29, 1.82) is 0 Å². The maximum absolute atomic E-state index is 14.5. The molecular weight excluding hydrogens is 225 g/mol. The highest BCUT2D eigenvalue weighted by Crippen LogP contribution is 2.32. The molecule has 1 nitrogen and oxygen atoms in total. The predicted octanol–water partition coefficient (Wildman–Crippen LogP) is 3.85. The van der Waals surface area contributed by atoms with Crippen molar-refractivity contribution in [3.8, 4) is 0 Å². The summed E-state index contributed by atoms with van der Waals surface area (Å²) in [6, 6.07) is 14.1. The van der Waals surface area contributed by atoms with Crippen LogP contribution in [0.15, 0.2) is 42.5 Å². The first-order valence-corrected chi connectivity index (χ1v) is 6.68. The van der Waals surface area contributed by atoms with E-state index in [2.05, 4.69) is 11.4 Å². The lowest BCUT2D eigenvalue weighted by Crippen LogP contribution is -2.32. The Bertz CT molecular complexity index is 531. The van der Waals surface area contributed by atoms with Gasteiger partial charge >= 0.3 is 0 Å². The monoisotopic (exact) mass is 243 g/mol. The normalized spacial score (nSPS) is 21.9. The average Bonchev–Trinajstić information content (AvgIpc) is 2.47. The van der Waals surface area contributed by atoms with Crippen LogP contribution in [0.25, 0.3) is 10.8 Å². The van der Waals surface area contributed by atoms with Crippen molar-refractivity contribution in [3.63, 3.8) is 0 Å². The number of fused-ring (bicyclic) bond motifs is 1. The van der Waals surface area contributed by atoms with Gasteiger partial charge < -0.3 is 5.32 Å². The molecule has 18 heavy (non-hydrogen) atoms. The van der Waals surface area contributed by atoms with Gasteiger partial charge in [-0.3, -0.25) is 0 Å². The second kappa shape index (κ2) is 5.07. The van der Waals surface area contributed by atoms with Gasteiger partial charge in [-0.15, -0.1) is 0 Å². The highest BCUT2D eigenvalue weighted by atomic mass is 19.1. The molecule has 1 aliphatic heterocycles. The molecule has 2 aromatic rings. The molecule has 1 saturated heterocycles. The first-order valence-electron chi connectivity index (χ1n) is 6.68. The van der Waals surface area contributed by atoms with E-state index in [0.717, 1.165) is 36.9 Å². The number of alkyl halides is 1. The molecule has 3 rings (SSSR count). The van der Waals surface area contributed by atoms with Crippen molar-refractivity contribution in [1.82, 2.24) is 5.32 Å². The Morgan fingerprint density at radius 2 is 1.94 bits per heavy atom. The third-order valence-corrected chi connectivity index (χ3v) is 3.84. The highest BCUT2D eigenvalue weighted by molar-refractivity contribution is 5.83. The Balaban J connectivity index is 1.88. The number of halogens is 1. The zero-order chi connectivity index (χ0) is 12.4. The summed E-state index contributed by atoms with van der Waals surface area (Å²) in [6.07, 6.45) is 1.22. The number of hydrogen-bond acceptors (Lipinski definition) is 1. The largest absolute Gasteiger partial charge is 0.316 e. The molecular formula is C16H18FN. The van der Waals surface area contributed by atoms with Crippen LogP contribution in [0.5, 0.6) is 0 Å². The molecule has 2 unspecified atom stereocenters. The molecule has 2 heteroatoms. The van der Waals surface area contributed by atoms with Crippen LogP contribution in [0.2, 0.25) is 0 Å². The van der Waals surface area contributed by atoms with E-state index in [0.29, 0.717) is 0 Å². The molecule has 0 bridgehead atoms. The fourth-order valence-electron chi connectivity index (χ4n) is 2.78. The van der Waals surface area contributed by atoms with E-state index in [1.54, 1.807) is 0 Å². The Labute approximate surface area is 107 Å². The van der Waals surface area contributed by atoms with Crippen molar-refractivity contribution >= 4 is 10.8 Å². The SMILES string of the molecule is FC(c1ccc2ccccc2c1)C1CCCNC1. The molecule has 0 spiro atoms. The smallest absolute Gasteiger partial charge is 0.129 e. The Morgan fingerprint density at radius 1 is 1.11 bits per heavy atom. The van der Waals surface area contributed by atoms with E-state index < -0.39 is 6.17 Å². The Kier molecular flexibility index (Phi) is 3.28. The zero-order valence-corrected chi connectivity index (χ0v) is 10.4. The fourth-order valence-corrected chi connectivity index (χ4v) is 2.78. The van der Waals surface area contributed by atoms with Crippen LogP contribution in [-0.2, 0) is 0 Å². The number of piperidine rings is 1. The Hall–Kier alpha value is -1.41. The summed E-state index contributed by atoms with van der Waals surface area (Å²) in [7, 11) is 0. The van der Waals surface area contributed by atoms with Gasteiger partial charge in [0.25, 0.3) is 0 Å². The molecule has 0 saturated carbocycles. The van der Waals surface area contributed by atoms with E-state index in [1.165, 1.54) is 5.39 Å². The van der Waals surface area contributed by atoms with Crippen molar-refractivity contribution in [2.45, 2.75) is 19.0 Å². The minimum absolute atomic E-state index is 0.125. The topological polar surface area (TPSA) is 12.0 Å². The minimum atomic E-state index is -0.845. The maximum atomic E-state index is 14.5. The number of nitrogens with one attached hydrogen (secondary N) is 1. The second-order valence-corrected chi connectivity index (χ2v) is 5.11. The van der Waals surface area contributed by atoms with Gasteiger partial charge in [-0.25, -0.2) is 4.39 Å². The number of hydrogen-bond donors (Lipinski definition) is 1. The van der Waals surface area contributed by atoms with Gasteiger partial charge in [0.1, 0.15) is 6.17 Å². The van der Waals surface area contributed by atoms with Crippen LogP contribution in [0.3, 0.4) is 0 Å². The summed E-state index contributed by atoms with van der Waals surface area (Å²) in [5, 5.41) is 5.59.